The van der Waals surface area contributed by atoms with Crippen LogP contribution in [0.3, 0.4) is 0 Å². The number of hydrogen-bond acceptors (Lipinski definition) is 16. The highest BCUT2D eigenvalue weighted by atomic mass is 19.1. The maximum Gasteiger partial charge on any atom is 0.352 e. The van der Waals surface area contributed by atoms with E-state index < -0.39 is 126 Å². The molecule has 1 heterocycles. The molecule has 1 aliphatic heterocycles. The van der Waals surface area contributed by atoms with Crippen LogP contribution < -0.4 is 77.4 Å². The number of carbonyl (C=O) groups is 9. The first kappa shape index (κ1) is 63.3. The molecule has 0 spiro atoms. The summed E-state index contributed by atoms with van der Waals surface area (Å²) in [5.41, 5.74) is 39.0. The number of nitrogens with two attached hydrogens (primary N) is 7. The highest BCUT2D eigenvalue weighted by Gasteiger charge is 2.39. The quantitative estimate of drug-likeness (QED) is 0.0132. The van der Waals surface area contributed by atoms with Gasteiger partial charge in [-0.15, -0.1) is 0 Å². The number of carbonyl (C=O) groups excluding carboxylic acids is 8. The molecule has 74 heavy (non-hydrogen) atoms. The molecule has 2 rings (SSSR count). The average Bonchev–Trinajstić information content (AvgIpc) is 3.87. The molecular weight excluding hydrogens is 972 g/mol. The lowest BCUT2D eigenvalue weighted by Crippen LogP contribution is -2.60. The van der Waals surface area contributed by atoms with Gasteiger partial charge < -0.3 is 92.5 Å². The van der Waals surface area contributed by atoms with Gasteiger partial charge in [-0.3, -0.25) is 43.3 Å². The Bertz CT molecular complexity index is 2100. The van der Waals surface area contributed by atoms with E-state index >= 15 is 0 Å². The van der Waals surface area contributed by atoms with Crippen molar-refractivity contribution >= 4 is 59.2 Å². The van der Waals surface area contributed by atoms with Crippen LogP contribution >= 0.6 is 0 Å². The zero-order chi connectivity index (χ0) is 55.3. The molecule has 28 heteroatoms. The Morgan fingerprint density at radius 2 is 1.41 bits per heavy atom. The Morgan fingerprint density at radius 3 is 2.01 bits per heavy atom. The van der Waals surface area contributed by atoms with Gasteiger partial charge in [0, 0.05) is 26.1 Å². The van der Waals surface area contributed by atoms with Crippen LogP contribution in [0.2, 0.25) is 0 Å². The number of aliphatic imine (C=N–C) groups is 1. The molecule has 27 nitrogen and oxygen atoms in total. The van der Waals surface area contributed by atoms with E-state index in [0.29, 0.717) is 44.2 Å². The van der Waals surface area contributed by atoms with Gasteiger partial charge in [0.2, 0.25) is 47.3 Å². The standard InChI is InChI=1S/C46H77FN16O11/c1-26(57-43(71)37(35(64)24-51)62-39(67)29(52)9-2-4-18-48)38(66)56-25-36(65)58-31(11-6-20-50)44(72)63-22-8-13-34(63)42(70)61-33(23-27-14-16-28(47)17-15-27)41(69)59-30(10-3-5-19-49)40(68)60-32(45(73)74)12-7-21-55-46(53)54/h12,14-17,26,29-31,33-35,37,64H,2-11,13,18-25,48-52H2,1H3,(H,56,66)(H,57,71)(H,58,65)(H,59,69)(H,60,68)(H,61,70)(H,62,67)(H,73,74)(H4,53,54,55)/b32-12-/t26?,29?,30-,31+,33-,34-,35-,37-/m0/s1. The van der Waals surface area contributed by atoms with Gasteiger partial charge in [0.15, 0.2) is 5.96 Å². The molecule has 0 bridgehead atoms. The molecule has 0 aliphatic carbocycles. The first-order valence-corrected chi connectivity index (χ1v) is 24.5. The van der Waals surface area contributed by atoms with E-state index in [1.165, 1.54) is 30.0 Å². The second-order valence-electron chi connectivity index (χ2n) is 17.6. The number of unbranched alkanes of at least 4 members (excludes halogenated alkanes) is 2. The molecule has 8 atom stereocenters. The molecule has 414 valence electrons. The lowest BCUT2D eigenvalue weighted by Gasteiger charge is -2.30. The molecule has 1 aliphatic rings. The molecule has 23 N–H and O–H groups in total. The fraction of sp³-hybridized carbons (Fsp3) is 0.609. The Hall–Kier alpha value is -6.85. The number of aliphatic hydroxyl groups is 1. The summed E-state index contributed by atoms with van der Waals surface area (Å²) in [6, 6.07) is -3.93. The van der Waals surface area contributed by atoms with Crippen molar-refractivity contribution < 1.29 is 57.8 Å². The van der Waals surface area contributed by atoms with Crippen LogP contribution in [0, 0.1) is 5.82 Å². The highest BCUT2D eigenvalue weighted by Crippen LogP contribution is 2.21. The van der Waals surface area contributed by atoms with E-state index in [-0.39, 0.29) is 77.1 Å². The van der Waals surface area contributed by atoms with Crippen molar-refractivity contribution in [2.75, 3.05) is 45.8 Å². The normalized spacial score (nSPS) is 16.2. The zero-order valence-corrected chi connectivity index (χ0v) is 41.8. The highest BCUT2D eigenvalue weighted by molar-refractivity contribution is 5.99. The number of guanidine groups is 1. The predicted molar refractivity (Wildman–Crippen MR) is 269 cm³/mol. The second-order valence-corrected chi connectivity index (χ2v) is 17.6. The summed E-state index contributed by atoms with van der Waals surface area (Å²) in [6.07, 6.45) is 2.47. The number of nitrogens with one attached hydrogen (secondary N) is 7. The smallest absolute Gasteiger partial charge is 0.352 e. The number of hydrogen-bond donors (Lipinski definition) is 16. The number of aliphatic carboxylic acids is 1. The van der Waals surface area contributed by atoms with E-state index in [1.54, 1.807) is 0 Å². The van der Waals surface area contributed by atoms with Crippen molar-refractivity contribution in [2.45, 2.75) is 132 Å². The number of carboxylic acids is 1. The molecule has 1 aromatic carbocycles. The number of rotatable bonds is 34. The summed E-state index contributed by atoms with van der Waals surface area (Å²) in [4.78, 5) is 125. The first-order valence-electron chi connectivity index (χ1n) is 24.5. The van der Waals surface area contributed by atoms with Gasteiger partial charge in [-0.1, -0.05) is 24.6 Å². The van der Waals surface area contributed by atoms with Gasteiger partial charge >= 0.3 is 5.97 Å². The Labute approximate surface area is 428 Å². The molecule has 1 fully saturated rings. The number of likely N-dealkylation sites (tertiary alicyclic amines) is 1. The third-order valence-corrected chi connectivity index (χ3v) is 11.7. The first-order chi connectivity index (χ1) is 35.2. The van der Waals surface area contributed by atoms with Gasteiger partial charge in [0.25, 0.3) is 0 Å². The molecular formula is C46H77FN16O11. The van der Waals surface area contributed by atoms with Crippen molar-refractivity contribution in [2.24, 2.45) is 45.1 Å². The van der Waals surface area contributed by atoms with Crippen molar-refractivity contribution in [1.29, 1.82) is 0 Å². The van der Waals surface area contributed by atoms with Crippen LogP contribution in [-0.4, -0.2) is 169 Å². The number of aliphatic hydroxyl groups excluding tert-OH is 1. The summed E-state index contributed by atoms with van der Waals surface area (Å²) in [6.45, 7) is 1.06. The molecule has 1 saturated heterocycles. The van der Waals surface area contributed by atoms with Gasteiger partial charge in [-0.2, -0.15) is 0 Å². The number of carboxylic acid groups (broad SMARTS) is 1. The monoisotopic (exact) mass is 1050 g/mol. The molecule has 2 unspecified atom stereocenters. The third kappa shape index (κ3) is 22.5. The largest absolute Gasteiger partial charge is 0.477 e. The fourth-order valence-electron chi connectivity index (χ4n) is 7.57. The van der Waals surface area contributed by atoms with E-state index in [0.717, 1.165) is 12.1 Å². The van der Waals surface area contributed by atoms with Gasteiger partial charge in [0.05, 0.1) is 18.7 Å². The van der Waals surface area contributed by atoms with Gasteiger partial charge in [-0.25, -0.2) is 9.18 Å². The van der Waals surface area contributed by atoms with Gasteiger partial charge in [0.1, 0.15) is 47.8 Å². The predicted octanol–water partition coefficient (Wildman–Crippen LogP) is -5.69. The lowest BCUT2D eigenvalue weighted by molar-refractivity contribution is -0.142. The minimum absolute atomic E-state index is 0.0151. The van der Waals surface area contributed by atoms with Crippen LogP contribution in [0.15, 0.2) is 41.0 Å². The Balaban J connectivity index is 2.25. The third-order valence-electron chi connectivity index (χ3n) is 11.7. The van der Waals surface area contributed by atoms with Crippen LogP contribution in [0.25, 0.3) is 0 Å². The Morgan fingerprint density at radius 1 is 0.770 bits per heavy atom. The molecule has 0 aromatic heterocycles. The van der Waals surface area contributed by atoms with Gasteiger partial charge in [-0.05, 0) is 108 Å². The van der Waals surface area contributed by atoms with E-state index in [4.69, 9.17) is 40.1 Å². The number of amides is 8. The number of halogens is 1. The second kappa shape index (κ2) is 33.8. The Kier molecular flexibility index (Phi) is 28.9. The van der Waals surface area contributed by atoms with Crippen LogP contribution in [0.4, 0.5) is 4.39 Å². The molecule has 0 saturated carbocycles. The summed E-state index contributed by atoms with van der Waals surface area (Å²) < 4.78 is 13.9. The topological polar surface area (TPSA) is 476 Å². The summed E-state index contributed by atoms with van der Waals surface area (Å²) in [5.74, 6) is -8.81. The van der Waals surface area contributed by atoms with Crippen LogP contribution in [0.1, 0.15) is 83.1 Å². The van der Waals surface area contributed by atoms with Crippen molar-refractivity contribution in [1.82, 2.24) is 42.1 Å². The molecule has 0 radical (unpaired) electrons. The molecule has 8 amide bonds. The fourth-order valence-corrected chi connectivity index (χ4v) is 7.57. The van der Waals surface area contributed by atoms with E-state index in [9.17, 15) is 57.8 Å². The van der Waals surface area contributed by atoms with Crippen LogP contribution in [0.5, 0.6) is 0 Å². The van der Waals surface area contributed by atoms with Crippen molar-refractivity contribution in [3.63, 3.8) is 0 Å². The minimum atomic E-state index is -1.57. The summed E-state index contributed by atoms with van der Waals surface area (Å²) in [7, 11) is 0. The minimum Gasteiger partial charge on any atom is -0.477 e. The average molecular weight is 1050 g/mol. The van der Waals surface area contributed by atoms with E-state index in [2.05, 4.69) is 42.2 Å². The number of nitrogens with zero attached hydrogens (tertiary/aromatic N) is 2. The van der Waals surface area contributed by atoms with Crippen LogP contribution in [-0.2, 0) is 49.6 Å². The summed E-state index contributed by atoms with van der Waals surface area (Å²) >= 11 is 0. The zero-order valence-electron chi connectivity index (χ0n) is 41.8. The number of benzene rings is 1. The molecule has 1 aromatic rings. The SMILES string of the molecule is CC(NC(=O)[C@@H](NC(=O)C(N)CCCCN)[C@@H](O)CN)C(=O)NCC(=O)N[C@H](CCCN)C(=O)N1CCC[C@H]1C(=O)N[C@@H](Cc1ccc(F)cc1)C(=O)N[C@@H](CCCCN)C(=O)N/C(=C\CCN=C(N)N)C(=O)O. The van der Waals surface area contributed by atoms with Crippen molar-refractivity contribution in [3.8, 4) is 0 Å². The maximum atomic E-state index is 14.2. The summed E-state index contributed by atoms with van der Waals surface area (Å²) in [5, 5.41) is 37.4. The maximum absolute atomic E-state index is 14.2. The van der Waals surface area contributed by atoms with E-state index in [1.807, 2.05) is 0 Å². The van der Waals surface area contributed by atoms with Crippen molar-refractivity contribution in [3.05, 3.63) is 47.4 Å². The lowest BCUT2D eigenvalue weighted by atomic mass is 10.0.